The van der Waals surface area contributed by atoms with Crippen LogP contribution in [0.2, 0.25) is 0 Å². The smallest absolute Gasteiger partial charge is 1.00 e. The molecular formula is C18H31AlLiN4O3. The summed E-state index contributed by atoms with van der Waals surface area (Å²) in [5.74, 6) is -0.362. The van der Waals surface area contributed by atoms with Gasteiger partial charge in [-0.15, -0.1) is 0 Å². The van der Waals surface area contributed by atoms with Gasteiger partial charge < -0.3 is 21.2 Å². The summed E-state index contributed by atoms with van der Waals surface area (Å²) in [4.78, 5) is 25.5. The van der Waals surface area contributed by atoms with Crippen molar-refractivity contribution in [2.75, 3.05) is 6.61 Å². The number of nitrogens with zero attached hydrogens (tertiary/aromatic N) is 2. The number of aliphatic hydroxyl groups is 1. The van der Waals surface area contributed by atoms with Gasteiger partial charge in [0.1, 0.15) is 0 Å². The van der Waals surface area contributed by atoms with Crippen molar-refractivity contribution in [3.8, 4) is 0 Å². The van der Waals surface area contributed by atoms with Gasteiger partial charge in [-0.05, 0) is 6.92 Å². The van der Waals surface area contributed by atoms with E-state index in [0.29, 0.717) is 12.3 Å². The van der Waals surface area contributed by atoms with E-state index < -0.39 is 0 Å². The Morgan fingerprint density at radius 3 is 2.07 bits per heavy atom. The maximum absolute atomic E-state index is 11.5. The van der Waals surface area contributed by atoms with Gasteiger partial charge in [-0.3, -0.25) is 0 Å². The first-order valence-electron chi connectivity index (χ1n) is 8.36. The van der Waals surface area contributed by atoms with Crippen molar-refractivity contribution in [1.29, 1.82) is 0 Å². The van der Waals surface area contributed by atoms with E-state index in [1.54, 1.807) is 13.3 Å². The first-order chi connectivity index (χ1) is 11.5. The maximum atomic E-state index is 11.5. The molecule has 0 fully saturated rings. The number of nitrogens with one attached hydrogen (secondary N) is 2. The molecule has 0 unspecified atom stereocenters. The van der Waals surface area contributed by atoms with Gasteiger partial charge in [-0.2, -0.15) is 0 Å². The van der Waals surface area contributed by atoms with Gasteiger partial charge in [-0.25, -0.2) is 14.8 Å². The molecule has 2 heterocycles. The predicted molar refractivity (Wildman–Crippen MR) is 103 cm³/mol. The Kier molecular flexibility index (Phi) is 12.3. The van der Waals surface area contributed by atoms with Crippen LogP contribution >= 0.6 is 0 Å². The summed E-state index contributed by atoms with van der Waals surface area (Å²) in [6.07, 6.45) is 3.14. The largest absolute Gasteiger partial charge is 1.00 e. The average molecular weight is 385 g/mol. The third-order valence-electron chi connectivity index (χ3n) is 3.44. The number of ether oxygens (including phenoxy) is 1. The van der Waals surface area contributed by atoms with E-state index in [0.717, 1.165) is 17.1 Å². The summed E-state index contributed by atoms with van der Waals surface area (Å²) in [5, 5.41) is 8.90. The van der Waals surface area contributed by atoms with Crippen LogP contribution in [0.25, 0.3) is 0 Å². The molecule has 0 atom stereocenters. The molecule has 0 aliphatic rings. The first kappa shape index (κ1) is 28.2. The van der Waals surface area contributed by atoms with Gasteiger partial charge in [0.2, 0.25) is 0 Å². The summed E-state index contributed by atoms with van der Waals surface area (Å²) in [6, 6.07) is 0. The van der Waals surface area contributed by atoms with Gasteiger partial charge >= 0.3 is 24.8 Å². The second-order valence-electron chi connectivity index (χ2n) is 7.73. The van der Waals surface area contributed by atoms with Crippen LogP contribution in [-0.2, 0) is 22.2 Å². The monoisotopic (exact) mass is 385 g/mol. The minimum atomic E-state index is -0.362. The minimum Gasteiger partial charge on any atom is -1.00 e. The van der Waals surface area contributed by atoms with Crippen LogP contribution in [0.3, 0.4) is 0 Å². The molecule has 0 saturated carbocycles. The molecule has 2 aromatic heterocycles. The number of esters is 1. The fraction of sp³-hybridized carbons (Fsp3) is 0.611. The molecule has 0 spiro atoms. The van der Waals surface area contributed by atoms with Crippen molar-refractivity contribution in [1.82, 2.24) is 19.9 Å². The average Bonchev–Trinajstić information content (AvgIpc) is 3.16. The number of aromatic nitrogens is 4. The number of aromatic amines is 2. The van der Waals surface area contributed by atoms with Crippen LogP contribution in [0, 0.1) is 0 Å². The van der Waals surface area contributed by atoms with Gasteiger partial charge in [-0.1, -0.05) is 41.5 Å². The molecule has 2 aromatic rings. The van der Waals surface area contributed by atoms with E-state index in [1.165, 1.54) is 6.33 Å². The van der Waals surface area contributed by atoms with Crippen molar-refractivity contribution < 1.29 is 34.9 Å². The van der Waals surface area contributed by atoms with Crippen LogP contribution in [0.1, 0.15) is 77.5 Å². The Balaban J connectivity index is -0.000000412. The molecule has 27 heavy (non-hydrogen) atoms. The fourth-order valence-electron chi connectivity index (χ4n) is 2.31. The second kappa shape index (κ2) is 11.7. The number of rotatable bonds is 3. The van der Waals surface area contributed by atoms with Crippen molar-refractivity contribution >= 4 is 23.3 Å². The van der Waals surface area contributed by atoms with E-state index >= 15 is 0 Å². The molecule has 9 heteroatoms. The standard InChI is InChI=1S/C10H16N2O2.C8H14N2O.Al.Li.H/c1-5-14-9(13)7-8(10(2,3)4)12-6-11-7;1-8(2,3)7-6(4-11)9-5-10-7;;;/h6H,5H2,1-4H3,(H,11,12);5,11H,4H2,1-3H3,(H,9,10);;;/q;;;+1;-1. The molecule has 3 radical (unpaired) electrons. The van der Waals surface area contributed by atoms with Crippen LogP contribution < -0.4 is 18.9 Å². The third-order valence-corrected chi connectivity index (χ3v) is 3.44. The third kappa shape index (κ3) is 8.25. The molecule has 3 N–H and O–H groups in total. The Labute approximate surface area is 185 Å². The molecular weight excluding hydrogens is 354 g/mol. The van der Waals surface area contributed by atoms with Crippen LogP contribution in [0.5, 0.6) is 0 Å². The molecule has 0 amide bonds. The summed E-state index contributed by atoms with van der Waals surface area (Å²) < 4.78 is 4.90. The fourth-order valence-corrected chi connectivity index (χ4v) is 2.31. The molecule has 0 saturated heterocycles. The Morgan fingerprint density at radius 1 is 1.11 bits per heavy atom. The van der Waals surface area contributed by atoms with Crippen molar-refractivity contribution in [2.24, 2.45) is 0 Å². The number of hydrogen-bond acceptors (Lipinski definition) is 5. The molecule has 145 valence electrons. The molecule has 0 aliphatic carbocycles. The molecule has 0 aliphatic heterocycles. The number of carbonyl (C=O) groups excluding carboxylic acids is 1. The zero-order valence-electron chi connectivity index (χ0n) is 18.8. The summed E-state index contributed by atoms with van der Waals surface area (Å²) in [6.45, 7) is 14.5. The molecule has 0 aromatic carbocycles. The van der Waals surface area contributed by atoms with Crippen LogP contribution in [0.15, 0.2) is 12.7 Å². The van der Waals surface area contributed by atoms with Gasteiger partial charge in [0.25, 0.3) is 0 Å². The molecule has 2 rings (SSSR count). The van der Waals surface area contributed by atoms with Crippen LogP contribution in [0.4, 0.5) is 0 Å². The summed E-state index contributed by atoms with van der Waals surface area (Å²) >= 11 is 0. The quantitative estimate of drug-likeness (QED) is 0.502. The topological polar surface area (TPSA) is 104 Å². The Hall–Kier alpha value is -1.02. The van der Waals surface area contributed by atoms with Gasteiger partial charge in [0.05, 0.1) is 43.0 Å². The summed E-state index contributed by atoms with van der Waals surface area (Å²) in [5.41, 5.74) is 2.85. The van der Waals surface area contributed by atoms with E-state index in [1.807, 2.05) is 20.8 Å². The Bertz CT molecular complexity index is 694. The molecule has 0 bridgehead atoms. The maximum Gasteiger partial charge on any atom is 1.00 e. The zero-order valence-corrected chi connectivity index (χ0v) is 19.0. The number of carbonyl (C=O) groups is 1. The predicted octanol–water partition coefficient (Wildman–Crippen LogP) is -0.181. The summed E-state index contributed by atoms with van der Waals surface area (Å²) in [7, 11) is 0. The van der Waals surface area contributed by atoms with E-state index in [-0.39, 0.29) is 61.1 Å². The number of hydrogen-bond donors (Lipinski definition) is 3. The van der Waals surface area contributed by atoms with Crippen molar-refractivity contribution in [2.45, 2.75) is 65.9 Å². The van der Waals surface area contributed by atoms with Crippen molar-refractivity contribution in [3.05, 3.63) is 35.4 Å². The normalized spacial score (nSPS) is 10.8. The van der Waals surface area contributed by atoms with E-state index in [2.05, 4.69) is 40.7 Å². The van der Waals surface area contributed by atoms with Crippen molar-refractivity contribution in [3.63, 3.8) is 0 Å². The van der Waals surface area contributed by atoms with Crippen LogP contribution in [-0.4, -0.2) is 55.0 Å². The zero-order chi connectivity index (χ0) is 19.3. The SMILES string of the molecule is CC(C)(C)c1nc[nH]c1CO.CCOC(=O)c1nc[nH]c1C(C)(C)C.[Al].[H-].[Li+]. The van der Waals surface area contributed by atoms with E-state index in [4.69, 9.17) is 9.84 Å². The number of imidazole rings is 2. The minimum absolute atomic E-state index is 0. The van der Waals surface area contributed by atoms with Gasteiger partial charge in [0, 0.05) is 28.2 Å². The van der Waals surface area contributed by atoms with E-state index in [9.17, 15) is 4.79 Å². The molecule has 7 nitrogen and oxygen atoms in total. The second-order valence-corrected chi connectivity index (χ2v) is 7.73. The Morgan fingerprint density at radius 2 is 1.67 bits per heavy atom. The first-order valence-corrected chi connectivity index (χ1v) is 8.36. The number of aliphatic hydroxyl groups excluding tert-OH is 1. The van der Waals surface area contributed by atoms with Gasteiger partial charge in [0.15, 0.2) is 5.69 Å². The number of H-pyrrole nitrogens is 2.